The number of rotatable bonds is 2. The maximum atomic E-state index is 11.5. The minimum atomic E-state index is -0.326. The number of amides is 1. The maximum Gasteiger partial charge on any atom is 0.250 e. The van der Waals surface area contributed by atoms with Crippen LogP contribution >= 0.6 is 22.6 Å². The number of nitrogens with zero attached hydrogens (tertiary/aromatic N) is 1. The Balaban J connectivity index is 1.86. The van der Waals surface area contributed by atoms with Crippen molar-refractivity contribution in [1.29, 1.82) is 0 Å². The van der Waals surface area contributed by atoms with Gasteiger partial charge in [-0.1, -0.05) is 0 Å². The van der Waals surface area contributed by atoms with Crippen molar-refractivity contribution in [1.82, 2.24) is 0 Å². The van der Waals surface area contributed by atoms with Gasteiger partial charge >= 0.3 is 0 Å². The summed E-state index contributed by atoms with van der Waals surface area (Å²) >= 11 is 2.28. The molecular formula is C14H17IN2O. The largest absolute Gasteiger partial charge is 0.371 e. The summed E-state index contributed by atoms with van der Waals surface area (Å²) in [6.07, 6.45) is 5.32. The molecule has 3 nitrogen and oxygen atoms in total. The van der Waals surface area contributed by atoms with E-state index in [4.69, 9.17) is 5.73 Å². The van der Waals surface area contributed by atoms with E-state index in [2.05, 4.69) is 33.6 Å². The molecule has 96 valence electrons. The lowest BCUT2D eigenvalue weighted by molar-refractivity contribution is 0.100. The Labute approximate surface area is 121 Å². The predicted octanol–water partition coefficient (Wildman–Crippen LogP) is 2.77. The molecule has 1 heterocycles. The summed E-state index contributed by atoms with van der Waals surface area (Å²) in [7, 11) is 0. The molecule has 0 radical (unpaired) electrons. The van der Waals surface area contributed by atoms with Crippen LogP contribution in [0.25, 0.3) is 0 Å². The lowest BCUT2D eigenvalue weighted by Gasteiger charge is -2.34. The second-order valence-corrected chi connectivity index (χ2v) is 6.76. The summed E-state index contributed by atoms with van der Waals surface area (Å²) < 4.78 is 1.15. The highest BCUT2D eigenvalue weighted by Gasteiger charge is 2.44. The van der Waals surface area contributed by atoms with Crippen molar-refractivity contribution < 1.29 is 4.79 Å². The van der Waals surface area contributed by atoms with Crippen molar-refractivity contribution in [2.45, 2.75) is 25.7 Å². The Morgan fingerprint density at radius 1 is 1.22 bits per heavy atom. The summed E-state index contributed by atoms with van der Waals surface area (Å²) in [6.45, 7) is 2.11. The molecule has 1 aromatic rings. The molecule has 1 aliphatic carbocycles. The van der Waals surface area contributed by atoms with E-state index in [1.165, 1.54) is 25.7 Å². The standard InChI is InChI=1S/C14H17IN2O/c15-10-1-2-11(13(16)18)12(9-10)17-7-5-14(3-4-14)6-8-17/h1-2,9H,3-8H2,(H2,16,18). The van der Waals surface area contributed by atoms with Gasteiger partial charge in [0.2, 0.25) is 0 Å². The monoisotopic (exact) mass is 356 g/mol. The van der Waals surface area contributed by atoms with E-state index in [1.54, 1.807) is 0 Å². The minimum Gasteiger partial charge on any atom is -0.371 e. The van der Waals surface area contributed by atoms with Gasteiger partial charge in [-0.3, -0.25) is 4.79 Å². The number of piperidine rings is 1. The molecule has 1 saturated heterocycles. The van der Waals surface area contributed by atoms with Gasteiger partial charge in [-0.15, -0.1) is 0 Å². The highest BCUT2D eigenvalue weighted by molar-refractivity contribution is 14.1. The van der Waals surface area contributed by atoms with E-state index in [-0.39, 0.29) is 5.91 Å². The number of hydrogen-bond donors (Lipinski definition) is 1. The van der Waals surface area contributed by atoms with Crippen molar-refractivity contribution in [2.24, 2.45) is 11.1 Å². The fourth-order valence-corrected chi connectivity index (χ4v) is 3.35. The Morgan fingerprint density at radius 2 is 1.89 bits per heavy atom. The molecule has 1 amide bonds. The number of anilines is 1. The van der Waals surface area contributed by atoms with Crippen molar-refractivity contribution in [3.05, 3.63) is 27.3 Å². The van der Waals surface area contributed by atoms with E-state index in [0.29, 0.717) is 11.0 Å². The molecule has 0 bridgehead atoms. The number of nitrogens with two attached hydrogens (primary N) is 1. The average molecular weight is 356 g/mol. The first kappa shape index (κ1) is 12.3. The predicted molar refractivity (Wildman–Crippen MR) is 80.8 cm³/mol. The van der Waals surface area contributed by atoms with Crippen LogP contribution in [0.3, 0.4) is 0 Å². The van der Waals surface area contributed by atoms with Gasteiger partial charge in [-0.25, -0.2) is 0 Å². The molecule has 0 unspecified atom stereocenters. The van der Waals surface area contributed by atoms with Crippen LogP contribution in [0.15, 0.2) is 18.2 Å². The lowest BCUT2D eigenvalue weighted by Crippen LogP contribution is -2.35. The zero-order valence-electron chi connectivity index (χ0n) is 10.3. The topological polar surface area (TPSA) is 46.3 Å². The van der Waals surface area contributed by atoms with Crippen LogP contribution in [0.2, 0.25) is 0 Å². The van der Waals surface area contributed by atoms with Gasteiger partial charge in [0.1, 0.15) is 0 Å². The first-order chi connectivity index (χ1) is 8.60. The van der Waals surface area contributed by atoms with Gasteiger partial charge < -0.3 is 10.6 Å². The van der Waals surface area contributed by atoms with E-state index in [0.717, 1.165) is 22.3 Å². The first-order valence-electron chi connectivity index (χ1n) is 6.44. The molecule has 2 aliphatic rings. The normalized spacial score (nSPS) is 21.1. The zero-order chi connectivity index (χ0) is 12.8. The van der Waals surface area contributed by atoms with Crippen LogP contribution in [0.5, 0.6) is 0 Å². The molecule has 1 spiro atoms. The molecule has 1 aliphatic heterocycles. The summed E-state index contributed by atoms with van der Waals surface area (Å²) in [5.41, 5.74) is 7.80. The van der Waals surface area contributed by atoms with Crippen molar-refractivity contribution in [3.63, 3.8) is 0 Å². The van der Waals surface area contributed by atoms with Crippen molar-refractivity contribution in [3.8, 4) is 0 Å². The van der Waals surface area contributed by atoms with Crippen LogP contribution in [0.1, 0.15) is 36.0 Å². The van der Waals surface area contributed by atoms with Gasteiger partial charge in [-0.05, 0) is 71.9 Å². The fraction of sp³-hybridized carbons (Fsp3) is 0.500. The maximum absolute atomic E-state index is 11.5. The number of primary amides is 1. The van der Waals surface area contributed by atoms with Gasteiger partial charge in [0.05, 0.1) is 11.3 Å². The molecule has 1 aromatic carbocycles. The second-order valence-electron chi connectivity index (χ2n) is 5.51. The van der Waals surface area contributed by atoms with Gasteiger partial charge in [0.25, 0.3) is 5.91 Å². The summed E-state index contributed by atoms with van der Waals surface area (Å²) in [6, 6.07) is 5.86. The van der Waals surface area contributed by atoms with E-state index in [1.807, 2.05) is 12.1 Å². The molecular weight excluding hydrogens is 339 g/mol. The number of carbonyl (C=O) groups excluding carboxylic acids is 1. The van der Waals surface area contributed by atoms with Crippen LogP contribution < -0.4 is 10.6 Å². The Hall–Kier alpha value is -0.780. The van der Waals surface area contributed by atoms with E-state index in [9.17, 15) is 4.79 Å². The second kappa shape index (κ2) is 4.40. The minimum absolute atomic E-state index is 0.326. The molecule has 2 N–H and O–H groups in total. The molecule has 3 rings (SSSR count). The summed E-state index contributed by atoms with van der Waals surface area (Å²) in [4.78, 5) is 13.8. The highest BCUT2D eigenvalue weighted by Crippen LogP contribution is 2.54. The average Bonchev–Trinajstić information content (AvgIpc) is 3.09. The third-order valence-electron chi connectivity index (χ3n) is 4.35. The smallest absolute Gasteiger partial charge is 0.250 e. The van der Waals surface area contributed by atoms with E-state index < -0.39 is 0 Å². The molecule has 0 atom stereocenters. The Bertz CT molecular complexity index is 487. The lowest BCUT2D eigenvalue weighted by atomic mass is 9.93. The molecule has 1 saturated carbocycles. The molecule has 18 heavy (non-hydrogen) atoms. The fourth-order valence-electron chi connectivity index (χ4n) is 2.87. The van der Waals surface area contributed by atoms with Gasteiger partial charge in [0.15, 0.2) is 0 Å². The Morgan fingerprint density at radius 3 is 2.44 bits per heavy atom. The molecule has 0 aromatic heterocycles. The van der Waals surface area contributed by atoms with Crippen LogP contribution in [0, 0.1) is 8.99 Å². The number of hydrogen-bond acceptors (Lipinski definition) is 2. The van der Waals surface area contributed by atoms with E-state index >= 15 is 0 Å². The van der Waals surface area contributed by atoms with Crippen LogP contribution in [0.4, 0.5) is 5.69 Å². The van der Waals surface area contributed by atoms with Crippen molar-refractivity contribution >= 4 is 34.2 Å². The Kier molecular flexibility index (Phi) is 3.00. The highest BCUT2D eigenvalue weighted by atomic mass is 127. The number of halogens is 1. The number of carbonyl (C=O) groups is 1. The van der Waals surface area contributed by atoms with Crippen molar-refractivity contribution in [2.75, 3.05) is 18.0 Å². The summed E-state index contributed by atoms with van der Waals surface area (Å²) in [5.74, 6) is -0.326. The third kappa shape index (κ3) is 2.22. The van der Waals surface area contributed by atoms with Gasteiger partial charge in [-0.2, -0.15) is 0 Å². The van der Waals surface area contributed by atoms with Crippen LogP contribution in [-0.4, -0.2) is 19.0 Å². The SMILES string of the molecule is NC(=O)c1ccc(I)cc1N1CCC2(CC1)CC2. The number of benzene rings is 1. The zero-order valence-corrected chi connectivity index (χ0v) is 12.4. The molecule has 4 heteroatoms. The summed E-state index contributed by atoms with van der Waals surface area (Å²) in [5, 5.41) is 0. The van der Waals surface area contributed by atoms with Gasteiger partial charge in [0, 0.05) is 16.7 Å². The molecule has 2 fully saturated rings. The van der Waals surface area contributed by atoms with Crippen LogP contribution in [-0.2, 0) is 0 Å². The third-order valence-corrected chi connectivity index (χ3v) is 5.02. The first-order valence-corrected chi connectivity index (χ1v) is 7.52. The quantitative estimate of drug-likeness (QED) is 0.829.